The van der Waals surface area contributed by atoms with Crippen LogP contribution in [-0.2, 0) is 14.8 Å². The quantitative estimate of drug-likeness (QED) is 0.428. The summed E-state index contributed by atoms with van der Waals surface area (Å²) in [6.07, 6.45) is 4.56. The minimum absolute atomic E-state index is 0.0710. The molecule has 7 nitrogen and oxygen atoms in total. The third kappa shape index (κ3) is 5.91. The Bertz CT molecular complexity index is 1150. The number of anilines is 2. The second-order valence-corrected chi connectivity index (χ2v) is 9.40. The molecule has 3 aromatic rings. The number of benzene rings is 2. The predicted molar refractivity (Wildman–Crippen MR) is 122 cm³/mol. The summed E-state index contributed by atoms with van der Waals surface area (Å²) in [5.41, 5.74) is 1.23. The van der Waals surface area contributed by atoms with Gasteiger partial charge in [0.1, 0.15) is 5.75 Å². The van der Waals surface area contributed by atoms with Crippen LogP contribution >= 0.6 is 27.3 Å². The Morgan fingerprint density at radius 3 is 2.67 bits per heavy atom. The zero-order valence-electron chi connectivity index (χ0n) is 15.8. The third-order valence-electron chi connectivity index (χ3n) is 3.77. The minimum Gasteiger partial charge on any atom is -0.493 e. The van der Waals surface area contributed by atoms with Crippen LogP contribution in [-0.4, -0.2) is 25.9 Å². The summed E-state index contributed by atoms with van der Waals surface area (Å²) in [6, 6.07) is 11.4. The summed E-state index contributed by atoms with van der Waals surface area (Å²) < 4.78 is 33.5. The summed E-state index contributed by atoms with van der Waals surface area (Å²) in [5, 5.41) is 4.66. The molecule has 0 atom stereocenters. The molecule has 0 spiro atoms. The normalized spacial score (nSPS) is 11.4. The number of aromatic nitrogens is 1. The van der Waals surface area contributed by atoms with Gasteiger partial charge in [0.05, 0.1) is 11.5 Å². The second kappa shape index (κ2) is 9.88. The SMILES string of the molecule is CCOc1ccc(Br)cc1/C=C/C(=O)Nc1ccc(S(=O)(=O)Nc2nccs2)cc1. The largest absolute Gasteiger partial charge is 0.493 e. The lowest BCUT2D eigenvalue weighted by Crippen LogP contribution is -2.13. The van der Waals surface area contributed by atoms with E-state index in [9.17, 15) is 13.2 Å². The first kappa shape index (κ1) is 22.0. The fourth-order valence-corrected chi connectivity index (χ4v) is 4.62. The van der Waals surface area contributed by atoms with Gasteiger partial charge in [-0.05, 0) is 55.5 Å². The number of rotatable bonds is 8. The van der Waals surface area contributed by atoms with Crippen LogP contribution < -0.4 is 14.8 Å². The molecule has 0 bridgehead atoms. The first-order valence-corrected chi connectivity index (χ1v) is 12.0. The number of nitrogens with one attached hydrogen (secondary N) is 2. The van der Waals surface area contributed by atoms with Crippen LogP contribution in [0.5, 0.6) is 5.75 Å². The van der Waals surface area contributed by atoms with Crippen molar-refractivity contribution in [2.45, 2.75) is 11.8 Å². The average Bonchev–Trinajstić information content (AvgIpc) is 3.21. The lowest BCUT2D eigenvalue weighted by Gasteiger charge is -2.08. The van der Waals surface area contributed by atoms with E-state index in [4.69, 9.17) is 4.74 Å². The summed E-state index contributed by atoms with van der Waals surface area (Å²) in [5.74, 6) is 0.320. The van der Waals surface area contributed by atoms with Crippen LogP contribution in [0.1, 0.15) is 12.5 Å². The number of ether oxygens (including phenoxy) is 1. The fraction of sp³-hybridized carbons (Fsp3) is 0.100. The molecule has 2 N–H and O–H groups in total. The lowest BCUT2D eigenvalue weighted by molar-refractivity contribution is -0.111. The Labute approximate surface area is 187 Å². The number of thiazole rings is 1. The molecule has 156 valence electrons. The van der Waals surface area contributed by atoms with Gasteiger partial charge >= 0.3 is 0 Å². The number of halogens is 1. The first-order valence-electron chi connectivity index (χ1n) is 8.81. The van der Waals surface area contributed by atoms with E-state index in [0.717, 1.165) is 10.0 Å². The van der Waals surface area contributed by atoms with Crippen LogP contribution in [0.4, 0.5) is 10.8 Å². The Hall–Kier alpha value is -2.69. The molecular weight excluding hydrogens is 490 g/mol. The topological polar surface area (TPSA) is 97.4 Å². The highest BCUT2D eigenvalue weighted by atomic mass is 79.9. The van der Waals surface area contributed by atoms with Gasteiger partial charge in [0, 0.05) is 33.4 Å². The molecule has 0 aliphatic heterocycles. The van der Waals surface area contributed by atoms with E-state index >= 15 is 0 Å². The molecule has 1 heterocycles. The van der Waals surface area contributed by atoms with Crippen molar-refractivity contribution in [3.63, 3.8) is 0 Å². The van der Waals surface area contributed by atoms with Gasteiger partial charge in [-0.2, -0.15) is 0 Å². The van der Waals surface area contributed by atoms with Gasteiger partial charge in [0.2, 0.25) is 5.91 Å². The highest BCUT2D eigenvalue weighted by Crippen LogP contribution is 2.25. The molecule has 3 rings (SSSR count). The number of amides is 1. The molecule has 10 heteroatoms. The highest BCUT2D eigenvalue weighted by Gasteiger charge is 2.15. The maximum absolute atomic E-state index is 12.3. The van der Waals surface area contributed by atoms with Crippen LogP contribution in [0.15, 0.2) is 69.5 Å². The molecule has 0 saturated carbocycles. The van der Waals surface area contributed by atoms with E-state index < -0.39 is 10.0 Å². The Balaban J connectivity index is 1.66. The number of hydrogen-bond donors (Lipinski definition) is 2. The molecular formula is C20H18BrN3O4S2. The molecule has 1 amide bonds. The van der Waals surface area contributed by atoms with Crippen LogP contribution in [0.2, 0.25) is 0 Å². The van der Waals surface area contributed by atoms with Gasteiger partial charge in [0.15, 0.2) is 5.13 Å². The van der Waals surface area contributed by atoms with Crippen LogP contribution in [0, 0.1) is 0 Å². The third-order valence-corrected chi connectivity index (χ3v) is 6.44. The minimum atomic E-state index is -3.74. The Morgan fingerprint density at radius 2 is 2.00 bits per heavy atom. The van der Waals surface area contributed by atoms with Crippen molar-refractivity contribution in [2.75, 3.05) is 16.6 Å². The molecule has 30 heavy (non-hydrogen) atoms. The van der Waals surface area contributed by atoms with Crippen molar-refractivity contribution in [1.29, 1.82) is 0 Å². The van der Waals surface area contributed by atoms with E-state index in [0.29, 0.717) is 18.0 Å². The zero-order valence-corrected chi connectivity index (χ0v) is 19.1. The smallest absolute Gasteiger partial charge is 0.263 e. The van der Waals surface area contributed by atoms with Crippen molar-refractivity contribution >= 4 is 60.1 Å². The second-order valence-electron chi connectivity index (χ2n) is 5.90. The molecule has 0 unspecified atom stereocenters. The maximum atomic E-state index is 12.3. The fourth-order valence-electron chi connectivity index (χ4n) is 2.45. The molecule has 0 radical (unpaired) electrons. The summed E-state index contributed by atoms with van der Waals surface area (Å²) in [7, 11) is -3.74. The molecule has 2 aromatic carbocycles. The van der Waals surface area contributed by atoms with Crippen molar-refractivity contribution in [3.8, 4) is 5.75 Å². The number of carbonyl (C=O) groups is 1. The zero-order chi connectivity index (χ0) is 21.6. The highest BCUT2D eigenvalue weighted by molar-refractivity contribution is 9.10. The van der Waals surface area contributed by atoms with E-state index in [1.54, 1.807) is 11.5 Å². The van der Waals surface area contributed by atoms with E-state index in [1.807, 2.05) is 25.1 Å². The van der Waals surface area contributed by atoms with Gasteiger partial charge in [-0.25, -0.2) is 13.4 Å². The van der Waals surface area contributed by atoms with Crippen molar-refractivity contribution in [2.24, 2.45) is 0 Å². The lowest BCUT2D eigenvalue weighted by atomic mass is 10.2. The molecule has 0 aliphatic rings. The van der Waals surface area contributed by atoms with Crippen LogP contribution in [0.3, 0.4) is 0 Å². The molecule has 0 fully saturated rings. The summed E-state index contributed by atoms with van der Waals surface area (Å²) >= 11 is 4.59. The van der Waals surface area contributed by atoms with E-state index in [1.165, 1.54) is 47.9 Å². The van der Waals surface area contributed by atoms with E-state index in [2.05, 4.69) is 31.0 Å². The Morgan fingerprint density at radius 1 is 1.23 bits per heavy atom. The number of nitrogens with zero attached hydrogens (tertiary/aromatic N) is 1. The van der Waals surface area contributed by atoms with Crippen molar-refractivity contribution in [3.05, 3.63) is 70.2 Å². The monoisotopic (exact) mass is 507 g/mol. The molecule has 0 aliphatic carbocycles. The molecule has 0 saturated heterocycles. The van der Waals surface area contributed by atoms with Gasteiger partial charge in [0.25, 0.3) is 10.0 Å². The predicted octanol–water partition coefficient (Wildman–Crippen LogP) is 4.76. The van der Waals surface area contributed by atoms with Gasteiger partial charge in [-0.15, -0.1) is 11.3 Å². The van der Waals surface area contributed by atoms with Gasteiger partial charge < -0.3 is 10.1 Å². The number of carbonyl (C=O) groups excluding carboxylic acids is 1. The van der Waals surface area contributed by atoms with Gasteiger partial charge in [-0.3, -0.25) is 9.52 Å². The van der Waals surface area contributed by atoms with Gasteiger partial charge in [-0.1, -0.05) is 15.9 Å². The standard InChI is InChI=1S/C20H18BrN3O4S2/c1-2-28-18-9-4-15(21)13-14(18)3-10-19(25)23-16-5-7-17(8-6-16)30(26,27)24-20-22-11-12-29-20/h3-13H,2H2,1H3,(H,22,24)(H,23,25)/b10-3+. The first-order chi connectivity index (χ1) is 14.4. The average molecular weight is 508 g/mol. The number of sulfonamides is 1. The van der Waals surface area contributed by atoms with Crippen molar-refractivity contribution < 1.29 is 17.9 Å². The van der Waals surface area contributed by atoms with Crippen molar-refractivity contribution in [1.82, 2.24) is 4.98 Å². The maximum Gasteiger partial charge on any atom is 0.263 e. The van der Waals surface area contributed by atoms with Crippen LogP contribution in [0.25, 0.3) is 6.08 Å². The number of hydrogen-bond acceptors (Lipinski definition) is 6. The Kier molecular flexibility index (Phi) is 7.24. The molecule has 1 aromatic heterocycles. The summed E-state index contributed by atoms with van der Waals surface area (Å²) in [4.78, 5) is 16.2. The van der Waals surface area contributed by atoms with E-state index in [-0.39, 0.29) is 15.9 Å². The summed E-state index contributed by atoms with van der Waals surface area (Å²) in [6.45, 7) is 2.40.